The predicted molar refractivity (Wildman–Crippen MR) is 137 cm³/mol. The smallest absolute Gasteiger partial charge is 0.305 e. The van der Waals surface area contributed by atoms with Gasteiger partial charge >= 0.3 is 4.87 Å². The maximum atomic E-state index is 11.6. The van der Waals surface area contributed by atoms with E-state index in [0.717, 1.165) is 66.3 Å². The van der Waals surface area contributed by atoms with Gasteiger partial charge < -0.3 is 25.3 Å². The summed E-state index contributed by atoms with van der Waals surface area (Å²) in [4.78, 5) is 14.0. The van der Waals surface area contributed by atoms with Gasteiger partial charge in [-0.2, -0.15) is 11.8 Å². The maximum absolute atomic E-state index is 11.6. The highest BCUT2D eigenvalue weighted by atomic mass is 79.9. The van der Waals surface area contributed by atoms with Crippen molar-refractivity contribution in [3.05, 3.63) is 61.7 Å². The quantitative estimate of drug-likeness (QED) is 0.225. The first kappa shape index (κ1) is 25.3. The molecule has 0 bridgehead atoms. The number of thioether (sulfide) groups is 1. The van der Waals surface area contributed by atoms with Crippen LogP contribution in [0.15, 0.2) is 45.7 Å². The van der Waals surface area contributed by atoms with Gasteiger partial charge in [-0.1, -0.05) is 45.5 Å². The van der Waals surface area contributed by atoms with E-state index in [1.807, 2.05) is 11.8 Å². The monoisotopic (exact) mass is 540 g/mol. The third-order valence-corrected chi connectivity index (χ3v) is 7.57. The van der Waals surface area contributed by atoms with Crippen LogP contribution in [0.3, 0.4) is 0 Å². The van der Waals surface area contributed by atoms with Crippen molar-refractivity contribution in [1.82, 2.24) is 10.3 Å². The van der Waals surface area contributed by atoms with Crippen molar-refractivity contribution < 1.29 is 14.9 Å². The van der Waals surface area contributed by atoms with Crippen LogP contribution in [0.5, 0.6) is 5.75 Å². The fraction of sp³-hybridized carbons (Fsp3) is 0.435. The number of aromatic hydroxyl groups is 1. The number of halogens is 1. The second kappa shape index (κ2) is 13.4. The van der Waals surface area contributed by atoms with Crippen LogP contribution >= 0.6 is 39.0 Å². The van der Waals surface area contributed by atoms with Gasteiger partial charge in [0, 0.05) is 23.2 Å². The summed E-state index contributed by atoms with van der Waals surface area (Å²) in [5.74, 6) is 2.17. The Labute approximate surface area is 204 Å². The molecule has 0 saturated heterocycles. The van der Waals surface area contributed by atoms with E-state index in [0.29, 0.717) is 22.3 Å². The average molecular weight is 542 g/mol. The number of hydrogen-bond donors (Lipinski definition) is 4. The summed E-state index contributed by atoms with van der Waals surface area (Å²) in [6.45, 7) is 2.77. The van der Waals surface area contributed by atoms with Crippen LogP contribution in [0.25, 0.3) is 10.2 Å². The molecule has 0 aliphatic heterocycles. The molecule has 0 aliphatic rings. The normalized spacial score (nSPS) is 12.4. The van der Waals surface area contributed by atoms with Crippen molar-refractivity contribution in [1.29, 1.82) is 0 Å². The number of benzene rings is 2. The van der Waals surface area contributed by atoms with Crippen LogP contribution in [0.1, 0.15) is 30.1 Å². The van der Waals surface area contributed by atoms with Crippen molar-refractivity contribution in [3.8, 4) is 5.75 Å². The molecule has 32 heavy (non-hydrogen) atoms. The highest BCUT2D eigenvalue weighted by molar-refractivity contribution is 9.10. The first-order valence-corrected chi connectivity index (χ1v) is 13.4. The second-order valence-electron chi connectivity index (χ2n) is 7.42. The number of rotatable bonds is 14. The zero-order chi connectivity index (χ0) is 22.8. The van der Waals surface area contributed by atoms with Gasteiger partial charge in [-0.25, -0.2) is 0 Å². The van der Waals surface area contributed by atoms with E-state index in [2.05, 4.69) is 50.5 Å². The summed E-state index contributed by atoms with van der Waals surface area (Å²) in [6.07, 6.45) is 2.28. The molecule has 1 atom stereocenters. The minimum atomic E-state index is -0.730. The van der Waals surface area contributed by atoms with Crippen molar-refractivity contribution in [3.63, 3.8) is 0 Å². The Bertz CT molecular complexity index is 1020. The Morgan fingerprint density at radius 2 is 1.91 bits per heavy atom. The minimum absolute atomic E-state index is 0.0225. The number of fused-ring (bicyclic) bond motifs is 1. The molecule has 0 unspecified atom stereocenters. The lowest BCUT2D eigenvalue weighted by molar-refractivity contribution is 0.138. The Morgan fingerprint density at radius 3 is 2.72 bits per heavy atom. The van der Waals surface area contributed by atoms with Crippen molar-refractivity contribution in [2.45, 2.75) is 25.4 Å². The number of aliphatic hydroxyl groups is 1. The molecule has 174 valence electrons. The standard InChI is InChI=1S/C23H29BrN2O4S2/c24-17-5-3-16(4-6-17)9-12-30-11-2-14-31-13-1-10-25-15-20(28)18-7-8-19(27)21-22(18)32-23(29)26-21/h3-8,20,25,27-28H,1-2,9-15H2,(H,26,29)/t20-/m0/s1. The molecule has 2 aromatic carbocycles. The Kier molecular flexibility index (Phi) is 10.6. The topological polar surface area (TPSA) is 94.6 Å². The van der Waals surface area contributed by atoms with Crippen LogP contribution in [0, 0.1) is 0 Å². The number of ether oxygens (including phenoxy) is 1. The summed E-state index contributed by atoms with van der Waals surface area (Å²) < 4.78 is 7.43. The zero-order valence-electron chi connectivity index (χ0n) is 17.8. The van der Waals surface area contributed by atoms with Gasteiger partial charge in [0.2, 0.25) is 0 Å². The predicted octanol–water partition coefficient (Wildman–Crippen LogP) is 4.45. The van der Waals surface area contributed by atoms with Crippen molar-refractivity contribution in [2.75, 3.05) is 37.8 Å². The number of thiazole rings is 1. The van der Waals surface area contributed by atoms with Gasteiger partial charge in [-0.05, 0) is 61.1 Å². The maximum Gasteiger partial charge on any atom is 0.305 e. The molecule has 4 N–H and O–H groups in total. The molecule has 0 amide bonds. The molecule has 0 aliphatic carbocycles. The number of aliphatic hydroxyl groups excluding tert-OH is 1. The number of aromatic nitrogens is 1. The Hall–Kier alpha value is -1.36. The molecule has 3 aromatic rings. The van der Waals surface area contributed by atoms with Crippen LogP contribution in [-0.4, -0.2) is 53.0 Å². The molecular formula is C23H29BrN2O4S2. The van der Waals surface area contributed by atoms with Gasteiger partial charge in [-0.3, -0.25) is 4.79 Å². The van der Waals surface area contributed by atoms with Crippen molar-refractivity contribution >= 4 is 49.2 Å². The molecule has 0 saturated carbocycles. The molecule has 0 radical (unpaired) electrons. The molecule has 0 spiro atoms. The summed E-state index contributed by atoms with van der Waals surface area (Å²) in [6, 6.07) is 11.5. The van der Waals surface area contributed by atoms with Crippen LogP contribution < -0.4 is 10.2 Å². The molecule has 1 heterocycles. The fourth-order valence-electron chi connectivity index (χ4n) is 3.26. The lowest BCUT2D eigenvalue weighted by Crippen LogP contribution is -2.23. The van der Waals surface area contributed by atoms with Crippen LogP contribution in [0.4, 0.5) is 0 Å². The molecule has 6 nitrogen and oxygen atoms in total. The lowest BCUT2D eigenvalue weighted by atomic mass is 10.1. The third-order valence-electron chi connectivity index (χ3n) is 4.95. The third kappa shape index (κ3) is 7.90. The van der Waals surface area contributed by atoms with Gasteiger partial charge in [0.15, 0.2) is 0 Å². The number of phenols is 1. The van der Waals surface area contributed by atoms with Gasteiger partial charge in [0.25, 0.3) is 0 Å². The summed E-state index contributed by atoms with van der Waals surface area (Å²) in [5, 5.41) is 23.6. The molecule has 9 heteroatoms. The Morgan fingerprint density at radius 1 is 1.12 bits per heavy atom. The number of phenolic OH excluding ortho intramolecular Hbond substituents is 1. The molecule has 1 aromatic heterocycles. The Balaban J connectivity index is 1.20. The van der Waals surface area contributed by atoms with E-state index in [1.165, 1.54) is 11.6 Å². The summed E-state index contributed by atoms with van der Waals surface area (Å²) in [5.41, 5.74) is 2.34. The van der Waals surface area contributed by atoms with Gasteiger partial charge in [-0.15, -0.1) is 0 Å². The summed E-state index contributed by atoms with van der Waals surface area (Å²) in [7, 11) is 0. The molecule has 0 fully saturated rings. The summed E-state index contributed by atoms with van der Waals surface area (Å²) >= 11 is 6.37. The van der Waals surface area contributed by atoms with E-state index in [9.17, 15) is 15.0 Å². The van der Waals surface area contributed by atoms with Gasteiger partial charge in [0.1, 0.15) is 11.3 Å². The second-order valence-corrected chi connectivity index (χ2v) is 10.5. The number of H-pyrrole nitrogens is 1. The fourth-order valence-corrected chi connectivity index (χ4v) is 5.32. The van der Waals surface area contributed by atoms with E-state index < -0.39 is 6.10 Å². The molecular weight excluding hydrogens is 512 g/mol. The SMILES string of the molecule is O=c1[nH]c2c(O)ccc([C@@H](O)CNCCCSCCCOCCc3ccc(Br)cc3)c2s1. The first-order valence-electron chi connectivity index (χ1n) is 10.7. The highest BCUT2D eigenvalue weighted by Gasteiger charge is 2.15. The van der Waals surface area contributed by atoms with Crippen LogP contribution in [0.2, 0.25) is 0 Å². The van der Waals surface area contributed by atoms with E-state index >= 15 is 0 Å². The lowest BCUT2D eigenvalue weighted by Gasteiger charge is -2.13. The minimum Gasteiger partial charge on any atom is -0.506 e. The van der Waals surface area contributed by atoms with E-state index in [-0.39, 0.29) is 10.6 Å². The van der Waals surface area contributed by atoms with E-state index in [1.54, 1.807) is 6.07 Å². The number of hydrogen-bond acceptors (Lipinski definition) is 7. The van der Waals surface area contributed by atoms with Gasteiger partial charge in [0.05, 0.1) is 17.4 Å². The zero-order valence-corrected chi connectivity index (χ0v) is 21.0. The largest absolute Gasteiger partial charge is 0.506 e. The van der Waals surface area contributed by atoms with E-state index in [4.69, 9.17) is 4.74 Å². The number of nitrogens with one attached hydrogen (secondary N) is 2. The highest BCUT2D eigenvalue weighted by Crippen LogP contribution is 2.31. The first-order chi connectivity index (χ1) is 15.5. The number of aromatic amines is 1. The average Bonchev–Trinajstić information content (AvgIpc) is 3.18. The van der Waals surface area contributed by atoms with Crippen molar-refractivity contribution in [2.24, 2.45) is 0 Å². The van der Waals surface area contributed by atoms with Crippen LogP contribution in [-0.2, 0) is 11.2 Å². The molecule has 3 rings (SSSR count).